The van der Waals surface area contributed by atoms with Gasteiger partial charge in [0.2, 0.25) is 11.8 Å². The number of aromatic nitrogens is 4. The molecule has 0 radical (unpaired) electrons. The maximum atomic E-state index is 12.7. The number of carbonyl (C=O) groups excluding carboxylic acids is 1. The summed E-state index contributed by atoms with van der Waals surface area (Å²) in [5.74, 6) is 1.69. The van der Waals surface area contributed by atoms with Crippen molar-refractivity contribution < 1.29 is 9.32 Å². The Hall–Kier alpha value is -2.18. The van der Waals surface area contributed by atoms with Crippen LogP contribution in [0.2, 0.25) is 0 Å². The van der Waals surface area contributed by atoms with E-state index in [1.54, 1.807) is 4.68 Å². The highest BCUT2D eigenvalue weighted by Gasteiger charge is 2.28. The summed E-state index contributed by atoms with van der Waals surface area (Å²) in [4.78, 5) is 19.1. The lowest BCUT2D eigenvalue weighted by Gasteiger charge is -2.31. The van der Waals surface area contributed by atoms with Crippen LogP contribution >= 0.6 is 0 Å². The lowest BCUT2D eigenvalue weighted by Crippen LogP contribution is -2.41. The molecule has 1 aliphatic rings. The van der Waals surface area contributed by atoms with Crippen molar-refractivity contribution in [2.75, 3.05) is 13.1 Å². The Kier molecular flexibility index (Phi) is 5.50. The van der Waals surface area contributed by atoms with Crippen LogP contribution in [0, 0.1) is 13.8 Å². The fraction of sp³-hybridized carbons (Fsp3) is 0.667. The summed E-state index contributed by atoms with van der Waals surface area (Å²) in [6, 6.07) is 1.99. The molecule has 0 unspecified atom stereocenters. The Morgan fingerprint density at radius 2 is 2.24 bits per heavy atom. The predicted molar refractivity (Wildman–Crippen MR) is 93.2 cm³/mol. The molecule has 0 N–H and O–H groups in total. The van der Waals surface area contributed by atoms with Crippen molar-refractivity contribution in [1.29, 1.82) is 0 Å². The first-order valence-electron chi connectivity index (χ1n) is 9.18. The Labute approximate surface area is 148 Å². The third-order valence-corrected chi connectivity index (χ3v) is 4.75. The van der Waals surface area contributed by atoms with Gasteiger partial charge in [-0.2, -0.15) is 10.1 Å². The number of hydrogen-bond donors (Lipinski definition) is 0. The highest BCUT2D eigenvalue weighted by atomic mass is 16.5. The van der Waals surface area contributed by atoms with Gasteiger partial charge in [0.05, 0.1) is 11.6 Å². The van der Waals surface area contributed by atoms with Crippen LogP contribution in [0.3, 0.4) is 0 Å². The van der Waals surface area contributed by atoms with Crippen LogP contribution in [0.5, 0.6) is 0 Å². The number of nitrogens with zero attached hydrogens (tertiary/aromatic N) is 5. The summed E-state index contributed by atoms with van der Waals surface area (Å²) >= 11 is 0. The van der Waals surface area contributed by atoms with Crippen molar-refractivity contribution in [1.82, 2.24) is 24.8 Å². The molecule has 3 heterocycles. The van der Waals surface area contributed by atoms with Crippen LogP contribution in [0.25, 0.3) is 0 Å². The molecule has 0 bridgehead atoms. The fourth-order valence-electron chi connectivity index (χ4n) is 3.34. The number of piperidine rings is 1. The van der Waals surface area contributed by atoms with Gasteiger partial charge in [-0.25, -0.2) is 0 Å². The molecule has 7 heteroatoms. The largest absolute Gasteiger partial charge is 0.340 e. The molecule has 0 aromatic carbocycles. The zero-order chi connectivity index (χ0) is 17.8. The predicted octanol–water partition coefficient (Wildman–Crippen LogP) is 2.63. The quantitative estimate of drug-likeness (QED) is 0.804. The van der Waals surface area contributed by atoms with E-state index in [0.717, 1.165) is 55.9 Å². The van der Waals surface area contributed by atoms with Crippen LogP contribution in [0.15, 0.2) is 10.6 Å². The maximum absolute atomic E-state index is 12.7. The van der Waals surface area contributed by atoms with E-state index in [-0.39, 0.29) is 18.4 Å². The van der Waals surface area contributed by atoms with Gasteiger partial charge in [-0.1, -0.05) is 18.5 Å². The zero-order valence-corrected chi connectivity index (χ0v) is 15.4. The van der Waals surface area contributed by atoms with Crippen molar-refractivity contribution in [3.05, 3.63) is 29.2 Å². The Morgan fingerprint density at radius 1 is 1.40 bits per heavy atom. The van der Waals surface area contributed by atoms with Crippen molar-refractivity contribution in [3.63, 3.8) is 0 Å². The first kappa shape index (κ1) is 17.6. The Balaban J connectivity index is 1.61. The average molecular weight is 345 g/mol. The van der Waals surface area contributed by atoms with E-state index >= 15 is 0 Å². The number of unbranched alkanes of at least 4 members (excludes halogenated alkanes) is 1. The van der Waals surface area contributed by atoms with E-state index in [0.29, 0.717) is 12.4 Å². The first-order chi connectivity index (χ1) is 12.1. The van der Waals surface area contributed by atoms with Crippen LogP contribution in [-0.2, 0) is 17.8 Å². The number of rotatable bonds is 6. The fourth-order valence-corrected chi connectivity index (χ4v) is 3.34. The number of hydrogen-bond acceptors (Lipinski definition) is 5. The van der Waals surface area contributed by atoms with Crippen molar-refractivity contribution >= 4 is 5.91 Å². The molecule has 1 fully saturated rings. The highest BCUT2D eigenvalue weighted by molar-refractivity contribution is 5.76. The number of carbonyl (C=O) groups is 1. The van der Waals surface area contributed by atoms with E-state index < -0.39 is 0 Å². The molecule has 25 heavy (non-hydrogen) atoms. The van der Waals surface area contributed by atoms with Gasteiger partial charge in [-0.15, -0.1) is 0 Å². The molecule has 1 aliphatic heterocycles. The van der Waals surface area contributed by atoms with Crippen molar-refractivity contribution in [3.8, 4) is 0 Å². The molecule has 0 saturated carbocycles. The van der Waals surface area contributed by atoms with E-state index in [1.807, 2.05) is 24.8 Å². The van der Waals surface area contributed by atoms with Crippen molar-refractivity contribution in [2.24, 2.45) is 0 Å². The number of likely N-dealkylation sites (tertiary alicyclic amines) is 1. The Morgan fingerprint density at radius 3 is 2.96 bits per heavy atom. The van der Waals surface area contributed by atoms with Gasteiger partial charge in [-0.3, -0.25) is 9.48 Å². The van der Waals surface area contributed by atoms with Gasteiger partial charge in [0, 0.05) is 25.2 Å². The van der Waals surface area contributed by atoms with Gasteiger partial charge in [0.25, 0.3) is 0 Å². The molecular formula is C18H27N5O2. The molecule has 1 amide bonds. The molecule has 0 aliphatic carbocycles. The minimum atomic E-state index is 0.0987. The number of amides is 1. The lowest BCUT2D eigenvalue weighted by molar-refractivity contribution is -0.133. The topological polar surface area (TPSA) is 77.0 Å². The van der Waals surface area contributed by atoms with Gasteiger partial charge in [0.1, 0.15) is 6.54 Å². The normalized spacial score (nSPS) is 17.9. The summed E-state index contributed by atoms with van der Waals surface area (Å²) < 4.78 is 7.23. The summed E-state index contributed by atoms with van der Waals surface area (Å²) in [5, 5.41) is 8.46. The molecule has 3 rings (SSSR count). The van der Waals surface area contributed by atoms with Crippen LogP contribution in [0.1, 0.15) is 61.6 Å². The van der Waals surface area contributed by atoms with Gasteiger partial charge >= 0.3 is 0 Å². The summed E-state index contributed by atoms with van der Waals surface area (Å²) in [7, 11) is 0. The standard InChI is InChI=1S/C18H27N5O2/c1-4-5-8-16-19-18(25-21-16)15-7-6-9-22(11-15)17(24)12-23-14(3)10-13(2)20-23/h10,15H,4-9,11-12H2,1-3H3/t15-/m0/s1. The second-order valence-corrected chi connectivity index (χ2v) is 6.92. The number of aryl methyl sites for hydroxylation is 3. The van der Waals surface area contributed by atoms with Gasteiger partial charge in [0.15, 0.2) is 5.82 Å². The average Bonchev–Trinajstić information content (AvgIpc) is 3.19. The second kappa shape index (κ2) is 7.80. The minimum absolute atomic E-state index is 0.0987. The molecule has 0 spiro atoms. The van der Waals surface area contributed by atoms with E-state index in [4.69, 9.17) is 4.52 Å². The molecule has 7 nitrogen and oxygen atoms in total. The molecule has 1 saturated heterocycles. The molecular weight excluding hydrogens is 318 g/mol. The first-order valence-corrected chi connectivity index (χ1v) is 9.18. The van der Waals surface area contributed by atoms with E-state index in [2.05, 4.69) is 22.2 Å². The minimum Gasteiger partial charge on any atom is -0.340 e. The van der Waals surface area contributed by atoms with Gasteiger partial charge in [-0.05, 0) is 39.2 Å². The monoisotopic (exact) mass is 345 g/mol. The summed E-state index contributed by atoms with van der Waals surface area (Å²) in [6.07, 6.45) is 4.98. The van der Waals surface area contributed by atoms with E-state index in [9.17, 15) is 4.79 Å². The molecule has 2 aromatic heterocycles. The SMILES string of the molecule is CCCCc1noc([C@H]2CCCN(C(=O)Cn3nc(C)cc3C)C2)n1. The van der Waals surface area contributed by atoms with Gasteiger partial charge < -0.3 is 9.42 Å². The highest BCUT2D eigenvalue weighted by Crippen LogP contribution is 2.26. The third kappa shape index (κ3) is 4.27. The molecule has 136 valence electrons. The Bertz CT molecular complexity index is 721. The van der Waals surface area contributed by atoms with Crippen LogP contribution < -0.4 is 0 Å². The van der Waals surface area contributed by atoms with Crippen LogP contribution in [0.4, 0.5) is 0 Å². The van der Waals surface area contributed by atoms with Crippen molar-refractivity contribution in [2.45, 2.75) is 65.3 Å². The lowest BCUT2D eigenvalue weighted by atomic mass is 9.98. The third-order valence-electron chi connectivity index (χ3n) is 4.75. The summed E-state index contributed by atoms with van der Waals surface area (Å²) in [6.45, 7) is 7.78. The van der Waals surface area contributed by atoms with Crippen LogP contribution in [-0.4, -0.2) is 43.8 Å². The molecule has 2 aromatic rings. The smallest absolute Gasteiger partial charge is 0.244 e. The zero-order valence-electron chi connectivity index (χ0n) is 15.4. The summed E-state index contributed by atoms with van der Waals surface area (Å²) in [5.41, 5.74) is 1.95. The van der Waals surface area contributed by atoms with E-state index in [1.165, 1.54) is 0 Å². The maximum Gasteiger partial charge on any atom is 0.244 e. The molecule has 1 atom stereocenters. The second-order valence-electron chi connectivity index (χ2n) is 6.92.